The van der Waals surface area contributed by atoms with Crippen LogP contribution < -0.4 is 0 Å². The molecule has 4 rings (SSSR count). The number of hydrogen-bond acceptors (Lipinski definition) is 1. The van der Waals surface area contributed by atoms with E-state index in [4.69, 9.17) is 0 Å². The molecule has 3 aromatic rings. The van der Waals surface area contributed by atoms with Gasteiger partial charge in [-0.2, -0.15) is 0 Å². The highest BCUT2D eigenvalue weighted by atomic mass is 19.1. The van der Waals surface area contributed by atoms with Crippen LogP contribution in [0, 0.1) is 5.82 Å². The molecule has 0 saturated heterocycles. The number of benzene rings is 2. The summed E-state index contributed by atoms with van der Waals surface area (Å²) in [7, 11) is 2.15. The van der Waals surface area contributed by atoms with Gasteiger partial charge in [-0.1, -0.05) is 30.3 Å². The number of fused-ring (bicyclic) bond motifs is 3. The zero-order chi connectivity index (χ0) is 15.1. The average molecular weight is 294 g/mol. The molecule has 22 heavy (non-hydrogen) atoms. The van der Waals surface area contributed by atoms with Gasteiger partial charge >= 0.3 is 0 Å². The minimum atomic E-state index is -0.162. The summed E-state index contributed by atoms with van der Waals surface area (Å²) in [4.78, 5) is 2.33. The summed E-state index contributed by atoms with van der Waals surface area (Å²) in [6, 6.07) is 15.6. The molecule has 0 N–H and O–H groups in total. The minimum absolute atomic E-state index is 0.162. The predicted molar refractivity (Wildman–Crippen MR) is 87.5 cm³/mol. The van der Waals surface area contributed by atoms with Gasteiger partial charge in [-0.3, -0.25) is 0 Å². The molecule has 1 aliphatic heterocycles. The second-order valence-corrected chi connectivity index (χ2v) is 6.15. The van der Waals surface area contributed by atoms with Crippen molar-refractivity contribution in [1.82, 2.24) is 9.47 Å². The van der Waals surface area contributed by atoms with Crippen LogP contribution in [0.25, 0.3) is 10.9 Å². The fourth-order valence-corrected chi connectivity index (χ4v) is 3.49. The Morgan fingerprint density at radius 3 is 2.73 bits per heavy atom. The van der Waals surface area contributed by atoms with Crippen molar-refractivity contribution in [2.24, 2.45) is 0 Å². The lowest BCUT2D eigenvalue weighted by molar-refractivity contribution is 0.304. The Bertz CT molecular complexity index is 820. The maximum Gasteiger partial charge on any atom is 0.125 e. The number of likely N-dealkylation sites (N-methyl/N-ethyl adjacent to an activating group) is 1. The van der Waals surface area contributed by atoms with Gasteiger partial charge in [0.25, 0.3) is 0 Å². The van der Waals surface area contributed by atoms with Crippen molar-refractivity contribution >= 4 is 10.9 Å². The van der Waals surface area contributed by atoms with Gasteiger partial charge in [0, 0.05) is 30.7 Å². The Balaban J connectivity index is 1.91. The summed E-state index contributed by atoms with van der Waals surface area (Å²) in [5.74, 6) is -0.162. The highest BCUT2D eigenvalue weighted by Crippen LogP contribution is 2.31. The molecule has 2 aromatic carbocycles. The fourth-order valence-electron chi connectivity index (χ4n) is 3.49. The zero-order valence-corrected chi connectivity index (χ0v) is 12.7. The van der Waals surface area contributed by atoms with E-state index >= 15 is 0 Å². The Labute approximate surface area is 129 Å². The summed E-state index contributed by atoms with van der Waals surface area (Å²) < 4.78 is 16.1. The third kappa shape index (κ3) is 2.22. The summed E-state index contributed by atoms with van der Waals surface area (Å²) >= 11 is 0. The van der Waals surface area contributed by atoms with E-state index in [1.165, 1.54) is 22.2 Å². The molecule has 0 saturated carbocycles. The van der Waals surface area contributed by atoms with E-state index < -0.39 is 0 Å². The number of hydrogen-bond donors (Lipinski definition) is 0. The van der Waals surface area contributed by atoms with E-state index in [9.17, 15) is 4.39 Å². The van der Waals surface area contributed by atoms with Crippen molar-refractivity contribution in [2.75, 3.05) is 13.6 Å². The molecule has 1 aliphatic rings. The molecule has 0 bridgehead atoms. The van der Waals surface area contributed by atoms with Crippen LogP contribution in [0.5, 0.6) is 0 Å². The Kier molecular flexibility index (Phi) is 3.23. The van der Waals surface area contributed by atoms with Crippen LogP contribution in [-0.2, 0) is 19.5 Å². The monoisotopic (exact) mass is 294 g/mol. The average Bonchev–Trinajstić information content (AvgIpc) is 2.81. The summed E-state index contributed by atoms with van der Waals surface area (Å²) in [5.41, 5.74) is 4.99. The van der Waals surface area contributed by atoms with E-state index in [0.717, 1.165) is 31.6 Å². The third-order valence-electron chi connectivity index (χ3n) is 4.60. The Morgan fingerprint density at radius 1 is 1.09 bits per heavy atom. The van der Waals surface area contributed by atoms with E-state index in [1.54, 1.807) is 12.1 Å². The van der Waals surface area contributed by atoms with Crippen molar-refractivity contribution in [3.8, 4) is 0 Å². The standard InChI is InChI=1S/C19H19FN2/c1-21-10-9-17-16-8-7-15(20)11-18(16)22(19(17)13-21)12-14-5-3-2-4-6-14/h2-8,11H,9-10,12-13H2,1H3. The predicted octanol–water partition coefficient (Wildman–Crippen LogP) is 3.82. The molecule has 0 radical (unpaired) electrons. The summed E-state index contributed by atoms with van der Waals surface area (Å²) in [6.45, 7) is 2.79. The van der Waals surface area contributed by atoms with Crippen molar-refractivity contribution in [3.63, 3.8) is 0 Å². The molecule has 0 spiro atoms. The normalized spacial score (nSPS) is 15.2. The molecule has 3 heteroatoms. The number of aromatic nitrogens is 1. The topological polar surface area (TPSA) is 8.17 Å². The van der Waals surface area contributed by atoms with Crippen molar-refractivity contribution in [1.29, 1.82) is 0 Å². The highest BCUT2D eigenvalue weighted by Gasteiger charge is 2.22. The quantitative estimate of drug-likeness (QED) is 0.697. The minimum Gasteiger partial charge on any atom is -0.339 e. The second-order valence-electron chi connectivity index (χ2n) is 6.15. The SMILES string of the molecule is CN1CCc2c(n(Cc3ccccc3)c3cc(F)ccc23)C1. The number of halogens is 1. The van der Waals surface area contributed by atoms with Crippen LogP contribution in [0.2, 0.25) is 0 Å². The van der Waals surface area contributed by atoms with Crippen LogP contribution in [0.15, 0.2) is 48.5 Å². The third-order valence-corrected chi connectivity index (χ3v) is 4.60. The molecule has 0 fully saturated rings. The number of nitrogens with zero attached hydrogens (tertiary/aromatic N) is 2. The van der Waals surface area contributed by atoms with E-state index in [1.807, 2.05) is 12.1 Å². The largest absolute Gasteiger partial charge is 0.339 e. The molecular weight excluding hydrogens is 275 g/mol. The molecule has 112 valence electrons. The van der Waals surface area contributed by atoms with Gasteiger partial charge in [0.1, 0.15) is 5.82 Å². The highest BCUT2D eigenvalue weighted by molar-refractivity contribution is 5.86. The van der Waals surface area contributed by atoms with Gasteiger partial charge in [-0.25, -0.2) is 4.39 Å². The van der Waals surface area contributed by atoms with Crippen LogP contribution in [-0.4, -0.2) is 23.1 Å². The van der Waals surface area contributed by atoms with Gasteiger partial charge in [0.15, 0.2) is 0 Å². The molecule has 1 aromatic heterocycles. The summed E-state index contributed by atoms with van der Waals surface area (Å²) in [6.07, 6.45) is 1.04. The molecule has 0 unspecified atom stereocenters. The first-order valence-electron chi connectivity index (χ1n) is 7.74. The van der Waals surface area contributed by atoms with Crippen LogP contribution in [0.3, 0.4) is 0 Å². The molecular formula is C19H19FN2. The summed E-state index contributed by atoms with van der Waals surface area (Å²) in [5, 5.41) is 1.21. The smallest absolute Gasteiger partial charge is 0.125 e. The van der Waals surface area contributed by atoms with Gasteiger partial charge in [0.05, 0.1) is 5.52 Å². The van der Waals surface area contributed by atoms with Crippen LogP contribution in [0.1, 0.15) is 16.8 Å². The van der Waals surface area contributed by atoms with Crippen molar-refractivity contribution in [2.45, 2.75) is 19.5 Å². The number of rotatable bonds is 2. The van der Waals surface area contributed by atoms with E-state index in [2.05, 4.69) is 40.8 Å². The van der Waals surface area contributed by atoms with E-state index in [0.29, 0.717) is 0 Å². The second kappa shape index (κ2) is 5.25. The first kappa shape index (κ1) is 13.5. The molecule has 0 aliphatic carbocycles. The van der Waals surface area contributed by atoms with Gasteiger partial charge < -0.3 is 9.47 Å². The maximum atomic E-state index is 13.8. The molecule has 2 heterocycles. The lowest BCUT2D eigenvalue weighted by Gasteiger charge is -2.24. The Hall–Kier alpha value is -2.13. The molecule has 0 atom stereocenters. The van der Waals surface area contributed by atoms with Crippen LogP contribution in [0.4, 0.5) is 4.39 Å². The fraction of sp³-hybridized carbons (Fsp3) is 0.263. The lowest BCUT2D eigenvalue weighted by atomic mass is 10.0. The maximum absolute atomic E-state index is 13.8. The van der Waals surface area contributed by atoms with Crippen molar-refractivity contribution in [3.05, 3.63) is 71.2 Å². The Morgan fingerprint density at radius 2 is 1.91 bits per heavy atom. The van der Waals surface area contributed by atoms with E-state index in [-0.39, 0.29) is 5.82 Å². The van der Waals surface area contributed by atoms with Gasteiger partial charge in [-0.05, 0) is 42.8 Å². The first-order valence-corrected chi connectivity index (χ1v) is 7.74. The van der Waals surface area contributed by atoms with Crippen molar-refractivity contribution < 1.29 is 4.39 Å². The van der Waals surface area contributed by atoms with Crippen LogP contribution >= 0.6 is 0 Å². The lowest BCUT2D eigenvalue weighted by Crippen LogP contribution is -2.27. The molecule has 0 amide bonds. The zero-order valence-electron chi connectivity index (χ0n) is 12.7. The van der Waals surface area contributed by atoms with Gasteiger partial charge in [-0.15, -0.1) is 0 Å². The molecule has 2 nitrogen and oxygen atoms in total. The van der Waals surface area contributed by atoms with Gasteiger partial charge in [0.2, 0.25) is 0 Å². The first-order chi connectivity index (χ1) is 10.7.